The molecule has 2 rings (SSSR count). The Morgan fingerprint density at radius 2 is 2.50 bits per heavy atom. The first-order chi connectivity index (χ1) is 5.86. The molecule has 0 fully saturated rings. The van der Waals surface area contributed by atoms with E-state index in [1.807, 2.05) is 12.3 Å². The van der Waals surface area contributed by atoms with E-state index in [0.717, 1.165) is 16.5 Å². The standard InChI is InChI=1S/C7H8N4S/c1-5-6(4-9-11-5)10-7-8-2-3-12-7/h2-4H,1H3,(H,8,10)(H,9,11). The Bertz CT molecular complexity index is 351. The summed E-state index contributed by atoms with van der Waals surface area (Å²) >= 11 is 1.57. The van der Waals surface area contributed by atoms with E-state index in [4.69, 9.17) is 0 Å². The van der Waals surface area contributed by atoms with Crippen LogP contribution < -0.4 is 5.32 Å². The van der Waals surface area contributed by atoms with Gasteiger partial charge in [-0.25, -0.2) is 4.98 Å². The molecular formula is C7H8N4S. The molecule has 62 valence electrons. The molecule has 0 aliphatic carbocycles. The summed E-state index contributed by atoms with van der Waals surface area (Å²) in [7, 11) is 0. The first kappa shape index (κ1) is 7.30. The van der Waals surface area contributed by atoms with Gasteiger partial charge in [0.15, 0.2) is 5.13 Å². The second-order valence-electron chi connectivity index (χ2n) is 2.37. The largest absolute Gasteiger partial charge is 0.329 e. The van der Waals surface area contributed by atoms with Gasteiger partial charge in [-0.15, -0.1) is 11.3 Å². The fourth-order valence-electron chi connectivity index (χ4n) is 0.877. The number of aromatic amines is 1. The molecule has 12 heavy (non-hydrogen) atoms. The van der Waals surface area contributed by atoms with Crippen LogP contribution in [0.25, 0.3) is 0 Å². The van der Waals surface area contributed by atoms with Crippen molar-refractivity contribution in [1.29, 1.82) is 0 Å². The Kier molecular flexibility index (Phi) is 1.79. The van der Waals surface area contributed by atoms with Crippen molar-refractivity contribution in [3.05, 3.63) is 23.5 Å². The number of hydrogen-bond donors (Lipinski definition) is 2. The molecule has 2 aromatic rings. The number of H-pyrrole nitrogens is 1. The average molecular weight is 180 g/mol. The minimum Gasteiger partial charge on any atom is -0.329 e. The third kappa shape index (κ3) is 1.31. The predicted molar refractivity (Wildman–Crippen MR) is 48.7 cm³/mol. The molecule has 0 bridgehead atoms. The third-order valence-corrected chi connectivity index (χ3v) is 2.19. The quantitative estimate of drug-likeness (QED) is 0.742. The van der Waals surface area contributed by atoms with Crippen LogP contribution in [0.3, 0.4) is 0 Å². The smallest absolute Gasteiger partial charge is 0.187 e. The molecule has 0 saturated heterocycles. The molecule has 0 spiro atoms. The fraction of sp³-hybridized carbons (Fsp3) is 0.143. The minimum atomic E-state index is 0.888. The molecule has 0 aromatic carbocycles. The van der Waals surface area contributed by atoms with Gasteiger partial charge >= 0.3 is 0 Å². The van der Waals surface area contributed by atoms with E-state index in [0.29, 0.717) is 0 Å². The SMILES string of the molecule is Cc1[nH]ncc1Nc1nccs1. The fourth-order valence-corrected chi connectivity index (χ4v) is 1.42. The molecule has 0 unspecified atom stereocenters. The lowest BCUT2D eigenvalue weighted by Crippen LogP contribution is -1.88. The van der Waals surface area contributed by atoms with Crippen molar-refractivity contribution >= 4 is 22.2 Å². The Labute approximate surface area is 73.7 Å². The van der Waals surface area contributed by atoms with Crippen LogP contribution in [0.4, 0.5) is 10.8 Å². The van der Waals surface area contributed by atoms with E-state index in [1.165, 1.54) is 0 Å². The summed E-state index contributed by atoms with van der Waals surface area (Å²) in [5.74, 6) is 0. The summed E-state index contributed by atoms with van der Waals surface area (Å²) in [6, 6.07) is 0. The minimum absolute atomic E-state index is 0.888. The molecule has 0 radical (unpaired) electrons. The molecule has 0 saturated carbocycles. The molecular weight excluding hydrogens is 172 g/mol. The highest BCUT2D eigenvalue weighted by molar-refractivity contribution is 7.13. The summed E-state index contributed by atoms with van der Waals surface area (Å²) in [6.07, 6.45) is 3.51. The molecule has 0 amide bonds. The number of nitrogens with one attached hydrogen (secondary N) is 2. The summed E-state index contributed by atoms with van der Waals surface area (Å²) < 4.78 is 0. The zero-order valence-electron chi connectivity index (χ0n) is 6.53. The molecule has 4 nitrogen and oxygen atoms in total. The van der Waals surface area contributed by atoms with Crippen LogP contribution in [-0.2, 0) is 0 Å². The Morgan fingerprint density at radius 1 is 1.58 bits per heavy atom. The van der Waals surface area contributed by atoms with Crippen LogP contribution in [0.5, 0.6) is 0 Å². The van der Waals surface area contributed by atoms with Gasteiger partial charge in [-0.3, -0.25) is 5.10 Å². The average Bonchev–Trinajstić information content (AvgIpc) is 2.65. The lowest BCUT2D eigenvalue weighted by Gasteiger charge is -1.97. The highest BCUT2D eigenvalue weighted by atomic mass is 32.1. The number of anilines is 2. The third-order valence-electron chi connectivity index (χ3n) is 1.50. The predicted octanol–water partition coefficient (Wildman–Crippen LogP) is 1.92. The van der Waals surface area contributed by atoms with Crippen molar-refractivity contribution in [3.8, 4) is 0 Å². The maximum absolute atomic E-state index is 4.10. The number of thiazole rings is 1. The number of aryl methyl sites for hydroxylation is 1. The second-order valence-corrected chi connectivity index (χ2v) is 3.27. The highest BCUT2D eigenvalue weighted by Gasteiger charge is 2.00. The van der Waals surface area contributed by atoms with Gasteiger partial charge < -0.3 is 5.32 Å². The van der Waals surface area contributed by atoms with Gasteiger partial charge in [0, 0.05) is 11.6 Å². The van der Waals surface area contributed by atoms with Crippen molar-refractivity contribution in [2.45, 2.75) is 6.92 Å². The van der Waals surface area contributed by atoms with E-state index < -0.39 is 0 Å². The number of hydrogen-bond acceptors (Lipinski definition) is 4. The Morgan fingerprint density at radius 3 is 3.08 bits per heavy atom. The van der Waals surface area contributed by atoms with E-state index in [2.05, 4.69) is 20.5 Å². The van der Waals surface area contributed by atoms with Crippen LogP contribution in [0.2, 0.25) is 0 Å². The number of rotatable bonds is 2. The monoisotopic (exact) mass is 180 g/mol. The summed E-state index contributed by atoms with van der Waals surface area (Å²) in [6.45, 7) is 1.96. The lowest BCUT2D eigenvalue weighted by atomic mass is 10.4. The van der Waals surface area contributed by atoms with Crippen LogP contribution in [-0.4, -0.2) is 15.2 Å². The van der Waals surface area contributed by atoms with E-state index in [-0.39, 0.29) is 0 Å². The maximum Gasteiger partial charge on any atom is 0.187 e. The van der Waals surface area contributed by atoms with E-state index in [1.54, 1.807) is 23.7 Å². The molecule has 0 atom stereocenters. The van der Waals surface area contributed by atoms with Crippen molar-refractivity contribution in [1.82, 2.24) is 15.2 Å². The van der Waals surface area contributed by atoms with Crippen molar-refractivity contribution in [3.63, 3.8) is 0 Å². The number of aromatic nitrogens is 3. The van der Waals surface area contributed by atoms with Gasteiger partial charge in [-0.2, -0.15) is 5.10 Å². The summed E-state index contributed by atoms with van der Waals surface area (Å²) in [5.41, 5.74) is 2.00. The maximum atomic E-state index is 4.10. The summed E-state index contributed by atoms with van der Waals surface area (Å²) in [4.78, 5) is 4.10. The van der Waals surface area contributed by atoms with Crippen molar-refractivity contribution in [2.24, 2.45) is 0 Å². The van der Waals surface area contributed by atoms with Crippen LogP contribution >= 0.6 is 11.3 Å². The topological polar surface area (TPSA) is 53.6 Å². The zero-order chi connectivity index (χ0) is 8.39. The van der Waals surface area contributed by atoms with E-state index in [9.17, 15) is 0 Å². The van der Waals surface area contributed by atoms with E-state index >= 15 is 0 Å². The van der Waals surface area contributed by atoms with Crippen molar-refractivity contribution in [2.75, 3.05) is 5.32 Å². The first-order valence-corrected chi connectivity index (χ1v) is 4.41. The van der Waals surface area contributed by atoms with Crippen LogP contribution in [0, 0.1) is 6.92 Å². The molecule has 0 aliphatic rings. The van der Waals surface area contributed by atoms with Crippen LogP contribution in [0.1, 0.15) is 5.69 Å². The van der Waals surface area contributed by atoms with Gasteiger partial charge in [0.1, 0.15) is 0 Å². The second kappa shape index (κ2) is 2.94. The van der Waals surface area contributed by atoms with Crippen molar-refractivity contribution < 1.29 is 0 Å². The number of nitrogens with zero attached hydrogens (tertiary/aromatic N) is 2. The van der Waals surface area contributed by atoms with Gasteiger partial charge in [0.2, 0.25) is 0 Å². The van der Waals surface area contributed by atoms with Gasteiger partial charge in [-0.1, -0.05) is 0 Å². The Hall–Kier alpha value is -1.36. The first-order valence-electron chi connectivity index (χ1n) is 3.53. The molecule has 2 aromatic heterocycles. The summed E-state index contributed by atoms with van der Waals surface area (Å²) in [5, 5.41) is 12.7. The van der Waals surface area contributed by atoms with Gasteiger partial charge in [0.05, 0.1) is 17.6 Å². The van der Waals surface area contributed by atoms with Gasteiger partial charge in [0.25, 0.3) is 0 Å². The normalized spacial score (nSPS) is 10.1. The molecule has 0 aliphatic heterocycles. The Balaban J connectivity index is 2.20. The van der Waals surface area contributed by atoms with Crippen LogP contribution in [0.15, 0.2) is 17.8 Å². The molecule has 2 N–H and O–H groups in total. The molecule has 2 heterocycles. The zero-order valence-corrected chi connectivity index (χ0v) is 7.35. The highest BCUT2D eigenvalue weighted by Crippen LogP contribution is 2.19. The van der Waals surface area contributed by atoms with Gasteiger partial charge in [-0.05, 0) is 6.92 Å². The molecule has 5 heteroatoms. The lowest BCUT2D eigenvalue weighted by molar-refractivity contribution is 1.05.